The number of imide groups is 1. The van der Waals surface area contributed by atoms with Gasteiger partial charge in [-0.2, -0.15) is 0 Å². The molecule has 1 N–H and O–H groups in total. The molecule has 3 amide bonds. The van der Waals surface area contributed by atoms with E-state index in [0.717, 1.165) is 6.42 Å². The van der Waals surface area contributed by atoms with Gasteiger partial charge in [-0.15, -0.1) is 11.3 Å². The number of carbonyl (C=O) groups excluding carboxylic acids is 3. The maximum Gasteiger partial charge on any atom is 0.265 e. The van der Waals surface area contributed by atoms with Crippen LogP contribution >= 0.6 is 22.9 Å². The molecule has 1 saturated heterocycles. The van der Waals surface area contributed by atoms with Crippen LogP contribution in [0.2, 0.25) is 5.02 Å². The SMILES string of the molecule is O=C(Nc1ccc(N2C(=O)[C@@H]3[C@@H](C2=O)[C@H]2C=C[C@H]3C2)cc1Cl)c1cccs1. The average Bonchev–Trinajstić information content (AvgIpc) is 3.42. The number of thiophene rings is 1. The van der Waals surface area contributed by atoms with Crippen molar-refractivity contribution in [2.24, 2.45) is 23.7 Å². The van der Waals surface area contributed by atoms with E-state index in [1.54, 1.807) is 30.3 Å². The predicted molar refractivity (Wildman–Crippen MR) is 104 cm³/mol. The fourth-order valence-corrected chi connectivity index (χ4v) is 5.33. The Balaban J connectivity index is 1.40. The normalized spacial score (nSPS) is 28.1. The first-order chi connectivity index (χ1) is 13.0. The molecule has 2 fully saturated rings. The zero-order valence-corrected chi connectivity index (χ0v) is 15.7. The van der Waals surface area contributed by atoms with Gasteiger partial charge in [0.25, 0.3) is 5.91 Å². The van der Waals surface area contributed by atoms with Gasteiger partial charge in [-0.3, -0.25) is 14.4 Å². The summed E-state index contributed by atoms with van der Waals surface area (Å²) in [6.07, 6.45) is 5.03. The number of benzene rings is 1. The Morgan fingerprint density at radius 2 is 1.81 bits per heavy atom. The fraction of sp³-hybridized carbons (Fsp3) is 0.250. The number of carbonyl (C=O) groups is 3. The number of nitrogens with one attached hydrogen (secondary N) is 1. The zero-order chi connectivity index (χ0) is 18.7. The lowest BCUT2D eigenvalue weighted by molar-refractivity contribution is -0.123. The summed E-state index contributed by atoms with van der Waals surface area (Å²) in [6, 6.07) is 8.38. The van der Waals surface area contributed by atoms with Crippen LogP contribution in [-0.2, 0) is 9.59 Å². The van der Waals surface area contributed by atoms with Crippen molar-refractivity contribution in [1.82, 2.24) is 0 Å². The lowest BCUT2D eigenvalue weighted by Gasteiger charge is -2.18. The maximum absolute atomic E-state index is 12.9. The van der Waals surface area contributed by atoms with Gasteiger partial charge in [-0.1, -0.05) is 29.8 Å². The van der Waals surface area contributed by atoms with Crippen molar-refractivity contribution in [3.63, 3.8) is 0 Å². The maximum atomic E-state index is 12.9. The number of hydrogen-bond acceptors (Lipinski definition) is 4. The second-order valence-electron chi connectivity index (χ2n) is 7.11. The van der Waals surface area contributed by atoms with E-state index in [9.17, 15) is 14.4 Å². The Morgan fingerprint density at radius 3 is 2.41 bits per heavy atom. The lowest BCUT2D eigenvalue weighted by atomic mass is 9.85. The summed E-state index contributed by atoms with van der Waals surface area (Å²) in [6.45, 7) is 0. The molecule has 3 aliphatic rings. The van der Waals surface area contributed by atoms with Crippen molar-refractivity contribution in [3.8, 4) is 0 Å². The third kappa shape index (κ3) is 2.47. The van der Waals surface area contributed by atoms with E-state index in [4.69, 9.17) is 11.6 Å². The molecule has 7 heteroatoms. The fourth-order valence-electron chi connectivity index (χ4n) is 4.49. The van der Waals surface area contributed by atoms with Crippen LogP contribution in [0.1, 0.15) is 16.1 Å². The minimum absolute atomic E-state index is 0.145. The Kier molecular flexibility index (Phi) is 3.74. The third-order valence-electron chi connectivity index (χ3n) is 5.67. The number of fused-ring (bicyclic) bond motifs is 5. The van der Waals surface area contributed by atoms with Crippen molar-refractivity contribution in [2.75, 3.05) is 10.2 Å². The molecule has 4 atom stereocenters. The summed E-state index contributed by atoms with van der Waals surface area (Å²) in [5.41, 5.74) is 0.901. The number of amides is 3. The summed E-state index contributed by atoms with van der Waals surface area (Å²) in [5.74, 6) is -0.691. The monoisotopic (exact) mass is 398 g/mol. The van der Waals surface area contributed by atoms with Crippen LogP contribution < -0.4 is 10.2 Å². The van der Waals surface area contributed by atoms with Gasteiger partial charge in [0.1, 0.15) is 0 Å². The van der Waals surface area contributed by atoms with Gasteiger partial charge in [0.05, 0.1) is 33.1 Å². The van der Waals surface area contributed by atoms with Crippen LogP contribution in [0.25, 0.3) is 0 Å². The Hall–Kier alpha value is -2.44. The molecule has 1 saturated carbocycles. The molecule has 1 aliphatic heterocycles. The molecule has 27 heavy (non-hydrogen) atoms. The summed E-state index contributed by atoms with van der Waals surface area (Å²) >= 11 is 7.66. The number of hydrogen-bond donors (Lipinski definition) is 1. The average molecular weight is 399 g/mol. The third-order valence-corrected chi connectivity index (χ3v) is 6.86. The molecule has 0 spiro atoms. The molecule has 2 bridgehead atoms. The van der Waals surface area contributed by atoms with Gasteiger partial charge in [0, 0.05) is 0 Å². The van der Waals surface area contributed by atoms with Gasteiger partial charge in [0.15, 0.2) is 0 Å². The molecule has 2 aromatic rings. The van der Waals surface area contributed by atoms with E-state index in [-0.39, 0.29) is 46.4 Å². The van der Waals surface area contributed by atoms with Crippen LogP contribution in [0.15, 0.2) is 47.9 Å². The van der Waals surface area contributed by atoms with Crippen molar-refractivity contribution in [3.05, 3.63) is 57.8 Å². The largest absolute Gasteiger partial charge is 0.320 e. The molecule has 5 nitrogen and oxygen atoms in total. The molecule has 0 unspecified atom stereocenters. The van der Waals surface area contributed by atoms with Gasteiger partial charge >= 0.3 is 0 Å². The van der Waals surface area contributed by atoms with Crippen LogP contribution in [0.3, 0.4) is 0 Å². The number of halogens is 1. The number of nitrogens with zero attached hydrogens (tertiary/aromatic N) is 1. The van der Waals surface area contributed by atoms with Crippen LogP contribution in [-0.4, -0.2) is 17.7 Å². The van der Waals surface area contributed by atoms with Crippen LogP contribution in [0, 0.1) is 23.7 Å². The highest BCUT2D eigenvalue weighted by Gasteiger charge is 2.59. The van der Waals surface area contributed by atoms with E-state index in [1.165, 1.54) is 16.2 Å². The predicted octanol–water partition coefficient (Wildman–Crippen LogP) is 3.97. The quantitative estimate of drug-likeness (QED) is 0.628. The van der Waals surface area contributed by atoms with E-state index < -0.39 is 0 Å². The van der Waals surface area contributed by atoms with Crippen molar-refractivity contribution < 1.29 is 14.4 Å². The standard InChI is InChI=1S/C20H15ClN2O3S/c21-13-9-12(5-6-14(13)22-18(24)15-2-1-7-27-15)23-19(25)16-10-3-4-11(8-10)17(16)20(23)26/h1-7,9-11,16-17H,8H2,(H,22,24)/t10-,11-,16-,17-/m0/s1. The highest BCUT2D eigenvalue weighted by atomic mass is 35.5. The molecular weight excluding hydrogens is 384 g/mol. The van der Waals surface area contributed by atoms with Gasteiger partial charge in [-0.25, -0.2) is 4.90 Å². The molecule has 136 valence electrons. The van der Waals surface area contributed by atoms with Gasteiger partial charge in [-0.05, 0) is 47.9 Å². The summed E-state index contributed by atoms with van der Waals surface area (Å²) < 4.78 is 0. The summed E-state index contributed by atoms with van der Waals surface area (Å²) in [5, 5.41) is 4.87. The Morgan fingerprint density at radius 1 is 1.11 bits per heavy atom. The van der Waals surface area contributed by atoms with Gasteiger partial charge < -0.3 is 5.32 Å². The first-order valence-corrected chi connectivity index (χ1v) is 10.0. The van der Waals surface area contributed by atoms with E-state index >= 15 is 0 Å². The van der Waals surface area contributed by atoms with Crippen molar-refractivity contribution in [2.45, 2.75) is 6.42 Å². The van der Waals surface area contributed by atoms with Crippen LogP contribution in [0.4, 0.5) is 11.4 Å². The molecule has 0 radical (unpaired) electrons. The molecule has 1 aromatic carbocycles. The number of allylic oxidation sites excluding steroid dienone is 2. The first-order valence-electron chi connectivity index (χ1n) is 8.75. The number of rotatable bonds is 3. The summed E-state index contributed by atoms with van der Waals surface area (Å²) in [7, 11) is 0. The van der Waals surface area contributed by atoms with E-state index in [2.05, 4.69) is 17.5 Å². The summed E-state index contributed by atoms with van der Waals surface area (Å²) in [4.78, 5) is 39.8. The highest BCUT2D eigenvalue weighted by Crippen LogP contribution is 2.53. The second-order valence-corrected chi connectivity index (χ2v) is 8.46. The molecule has 1 aromatic heterocycles. The van der Waals surface area contributed by atoms with Crippen molar-refractivity contribution >= 4 is 52.0 Å². The molecule has 2 heterocycles. The molecular formula is C20H15ClN2O3S. The minimum atomic E-state index is -0.246. The molecule has 2 aliphatic carbocycles. The Bertz CT molecular complexity index is 971. The van der Waals surface area contributed by atoms with Crippen LogP contribution in [0.5, 0.6) is 0 Å². The topological polar surface area (TPSA) is 66.5 Å². The Labute approximate surface area is 164 Å². The van der Waals surface area contributed by atoms with E-state index in [1.807, 2.05) is 5.38 Å². The smallest absolute Gasteiger partial charge is 0.265 e. The van der Waals surface area contributed by atoms with Gasteiger partial charge in [0.2, 0.25) is 11.8 Å². The first kappa shape index (κ1) is 16.7. The second kappa shape index (κ2) is 6.04. The van der Waals surface area contributed by atoms with E-state index in [0.29, 0.717) is 16.3 Å². The van der Waals surface area contributed by atoms with Crippen molar-refractivity contribution in [1.29, 1.82) is 0 Å². The number of anilines is 2. The molecule has 5 rings (SSSR count). The highest BCUT2D eigenvalue weighted by molar-refractivity contribution is 7.12. The zero-order valence-electron chi connectivity index (χ0n) is 14.1. The minimum Gasteiger partial charge on any atom is -0.320 e. The lowest BCUT2D eigenvalue weighted by Crippen LogP contribution is -2.32.